The fraction of sp³-hybridized carbons (Fsp3) is 1.00. The van der Waals surface area contributed by atoms with Crippen LogP contribution in [0.4, 0.5) is 0 Å². The van der Waals surface area contributed by atoms with Gasteiger partial charge >= 0.3 is 0 Å². The van der Waals surface area contributed by atoms with E-state index in [9.17, 15) is 8.42 Å². The van der Waals surface area contributed by atoms with Gasteiger partial charge in [-0.2, -0.15) is 4.31 Å². The topological polar surface area (TPSA) is 52.7 Å². The van der Waals surface area contributed by atoms with Crippen LogP contribution < -0.4 is 5.32 Å². The molecule has 2 heterocycles. The van der Waals surface area contributed by atoms with E-state index in [4.69, 9.17) is 0 Å². The van der Waals surface area contributed by atoms with Crippen molar-refractivity contribution >= 4 is 10.0 Å². The van der Waals surface area contributed by atoms with Crippen LogP contribution in [0.5, 0.6) is 0 Å². The Labute approximate surface area is 111 Å². The Kier molecular flexibility index (Phi) is 5.00. The highest BCUT2D eigenvalue weighted by molar-refractivity contribution is 7.89. The molecule has 0 radical (unpaired) electrons. The van der Waals surface area contributed by atoms with E-state index in [0.29, 0.717) is 24.8 Å². The van der Waals surface area contributed by atoms with Crippen molar-refractivity contribution in [3.63, 3.8) is 0 Å². The molecular weight excluding hydrogens is 250 g/mol. The predicted molar refractivity (Wildman–Crippen MR) is 73.1 cm³/mol. The van der Waals surface area contributed by atoms with Crippen molar-refractivity contribution < 1.29 is 8.42 Å². The molecule has 2 saturated heterocycles. The van der Waals surface area contributed by atoms with Crippen LogP contribution in [0.1, 0.15) is 19.8 Å². The fourth-order valence-electron chi connectivity index (χ4n) is 2.78. The quantitative estimate of drug-likeness (QED) is 0.782. The fourth-order valence-corrected chi connectivity index (χ4v) is 4.64. The summed E-state index contributed by atoms with van der Waals surface area (Å²) in [7, 11) is -3.04. The minimum Gasteiger partial charge on any atom is -0.317 e. The van der Waals surface area contributed by atoms with E-state index in [1.807, 2.05) is 0 Å². The van der Waals surface area contributed by atoms with Crippen LogP contribution in [0, 0.1) is 5.92 Å². The summed E-state index contributed by atoms with van der Waals surface area (Å²) in [6.07, 6.45) is 1.99. The van der Waals surface area contributed by atoms with Gasteiger partial charge in [0.15, 0.2) is 0 Å². The molecule has 1 N–H and O–H groups in total. The molecule has 0 saturated carbocycles. The molecule has 0 unspecified atom stereocenters. The van der Waals surface area contributed by atoms with Gasteiger partial charge < -0.3 is 10.2 Å². The first-order chi connectivity index (χ1) is 8.62. The van der Waals surface area contributed by atoms with Crippen LogP contribution in [0.25, 0.3) is 0 Å². The number of nitrogens with zero attached hydrogens (tertiary/aromatic N) is 2. The largest absolute Gasteiger partial charge is 0.317 e. The van der Waals surface area contributed by atoms with E-state index < -0.39 is 10.0 Å². The molecule has 0 aromatic carbocycles. The molecule has 2 rings (SSSR count). The molecule has 2 aliphatic rings. The normalized spacial score (nSPS) is 25.4. The third-order valence-electron chi connectivity index (χ3n) is 4.08. The van der Waals surface area contributed by atoms with E-state index in [-0.39, 0.29) is 0 Å². The van der Waals surface area contributed by atoms with Gasteiger partial charge in [-0.25, -0.2) is 8.42 Å². The van der Waals surface area contributed by atoms with Crippen LogP contribution in [-0.4, -0.2) is 69.2 Å². The summed E-state index contributed by atoms with van der Waals surface area (Å²) in [5.41, 5.74) is 0. The Morgan fingerprint density at radius 2 is 1.72 bits per heavy atom. The molecule has 0 aliphatic carbocycles. The molecule has 0 aromatic heterocycles. The lowest BCUT2D eigenvalue weighted by Gasteiger charge is -2.34. The van der Waals surface area contributed by atoms with Crippen molar-refractivity contribution in [3.05, 3.63) is 0 Å². The number of hydrogen-bond acceptors (Lipinski definition) is 4. The van der Waals surface area contributed by atoms with E-state index >= 15 is 0 Å². The van der Waals surface area contributed by atoms with Crippen molar-refractivity contribution in [1.82, 2.24) is 14.5 Å². The maximum atomic E-state index is 12.3. The maximum Gasteiger partial charge on any atom is 0.214 e. The lowest BCUT2D eigenvalue weighted by atomic mass is 10.0. The van der Waals surface area contributed by atoms with Gasteiger partial charge in [-0.3, -0.25) is 0 Å². The Balaban J connectivity index is 1.86. The van der Waals surface area contributed by atoms with E-state index in [2.05, 4.69) is 17.1 Å². The van der Waals surface area contributed by atoms with Crippen molar-refractivity contribution in [2.45, 2.75) is 19.8 Å². The van der Waals surface area contributed by atoms with Crippen LogP contribution in [-0.2, 0) is 10.0 Å². The third-order valence-corrected chi connectivity index (χ3v) is 6.12. The summed E-state index contributed by atoms with van der Waals surface area (Å²) in [5, 5.41) is 3.28. The first kappa shape index (κ1) is 14.2. The Morgan fingerprint density at radius 1 is 1.11 bits per heavy atom. The number of rotatable bonds is 4. The van der Waals surface area contributed by atoms with Crippen molar-refractivity contribution in [2.75, 3.05) is 51.6 Å². The van der Waals surface area contributed by atoms with Crippen LogP contribution in [0.2, 0.25) is 0 Å². The van der Waals surface area contributed by atoms with Gasteiger partial charge in [0.1, 0.15) is 0 Å². The van der Waals surface area contributed by atoms with Gasteiger partial charge in [-0.1, -0.05) is 6.92 Å². The highest BCUT2D eigenvalue weighted by atomic mass is 32.2. The monoisotopic (exact) mass is 275 g/mol. The Hall–Kier alpha value is -0.170. The van der Waals surface area contributed by atoms with Crippen molar-refractivity contribution in [1.29, 1.82) is 0 Å². The number of sulfonamides is 1. The van der Waals surface area contributed by atoms with E-state index in [1.54, 1.807) is 4.31 Å². The molecule has 0 atom stereocenters. The minimum absolute atomic E-state index is 0.348. The van der Waals surface area contributed by atoms with Crippen molar-refractivity contribution in [2.24, 2.45) is 5.92 Å². The molecule has 0 amide bonds. The second-order valence-corrected chi connectivity index (χ2v) is 7.32. The van der Waals surface area contributed by atoms with Gasteiger partial charge in [0.2, 0.25) is 10.0 Å². The summed E-state index contributed by atoms with van der Waals surface area (Å²) in [6.45, 7) is 8.15. The molecule has 0 aromatic rings. The van der Waals surface area contributed by atoms with Gasteiger partial charge in [0.05, 0.1) is 5.75 Å². The van der Waals surface area contributed by atoms with Gasteiger partial charge in [0.25, 0.3) is 0 Å². The maximum absolute atomic E-state index is 12.3. The predicted octanol–water partition coefficient (Wildman–Crippen LogP) is -0.0467. The average molecular weight is 275 g/mol. The first-order valence-corrected chi connectivity index (χ1v) is 8.63. The van der Waals surface area contributed by atoms with E-state index in [1.165, 1.54) is 0 Å². The molecule has 6 heteroatoms. The SMILES string of the molecule is CCN1CCN(S(=O)(=O)CC2CCNCC2)CC1. The molecule has 0 bridgehead atoms. The second kappa shape index (κ2) is 6.32. The molecule has 5 nitrogen and oxygen atoms in total. The first-order valence-electron chi connectivity index (χ1n) is 7.02. The standard InChI is InChI=1S/C12H25N3O2S/c1-2-14-7-9-15(10-8-14)18(16,17)11-12-3-5-13-6-4-12/h12-13H,2-11H2,1H3. The zero-order valence-electron chi connectivity index (χ0n) is 11.3. The highest BCUT2D eigenvalue weighted by Crippen LogP contribution is 2.17. The second-order valence-electron chi connectivity index (χ2n) is 5.31. The summed E-state index contributed by atoms with van der Waals surface area (Å²) in [4.78, 5) is 2.30. The Morgan fingerprint density at radius 3 is 2.28 bits per heavy atom. The summed E-state index contributed by atoms with van der Waals surface area (Å²) >= 11 is 0. The number of piperazine rings is 1. The van der Waals surface area contributed by atoms with Crippen LogP contribution in [0.3, 0.4) is 0 Å². The molecular formula is C12H25N3O2S. The molecule has 2 fully saturated rings. The molecule has 18 heavy (non-hydrogen) atoms. The van der Waals surface area contributed by atoms with Crippen LogP contribution in [0.15, 0.2) is 0 Å². The summed E-state index contributed by atoms with van der Waals surface area (Å²) in [5.74, 6) is 0.696. The zero-order chi connectivity index (χ0) is 13.0. The molecule has 0 spiro atoms. The lowest BCUT2D eigenvalue weighted by molar-refractivity contribution is 0.195. The number of piperidine rings is 1. The third kappa shape index (κ3) is 3.66. The molecule has 2 aliphatic heterocycles. The smallest absolute Gasteiger partial charge is 0.214 e. The lowest BCUT2D eigenvalue weighted by Crippen LogP contribution is -2.49. The van der Waals surface area contributed by atoms with Gasteiger partial charge in [-0.05, 0) is 38.4 Å². The minimum atomic E-state index is -3.04. The van der Waals surface area contributed by atoms with E-state index in [0.717, 1.165) is 45.6 Å². The summed E-state index contributed by atoms with van der Waals surface area (Å²) in [6, 6.07) is 0. The Bertz CT molecular complexity index is 344. The van der Waals surface area contributed by atoms with Gasteiger partial charge in [0, 0.05) is 26.2 Å². The number of likely N-dealkylation sites (N-methyl/N-ethyl adjacent to an activating group) is 1. The number of nitrogens with one attached hydrogen (secondary N) is 1. The highest BCUT2D eigenvalue weighted by Gasteiger charge is 2.29. The number of hydrogen-bond donors (Lipinski definition) is 1. The van der Waals surface area contributed by atoms with Crippen molar-refractivity contribution in [3.8, 4) is 0 Å². The zero-order valence-corrected chi connectivity index (χ0v) is 12.1. The van der Waals surface area contributed by atoms with Gasteiger partial charge in [-0.15, -0.1) is 0 Å². The molecule has 106 valence electrons. The summed E-state index contributed by atoms with van der Waals surface area (Å²) < 4.78 is 26.4. The average Bonchev–Trinajstić information content (AvgIpc) is 2.39. The van der Waals surface area contributed by atoms with Crippen LogP contribution >= 0.6 is 0 Å².